The minimum Gasteiger partial charge on any atom is -0.493 e. The molecule has 0 bridgehead atoms. The van der Waals surface area contributed by atoms with Gasteiger partial charge in [-0.1, -0.05) is 13.0 Å². The maximum Gasteiger partial charge on any atom is 0.211 e. The number of oxazole rings is 1. The predicted octanol–water partition coefficient (Wildman–Crippen LogP) is 3.03. The summed E-state index contributed by atoms with van der Waals surface area (Å²) in [6, 6.07) is 5.74. The summed E-state index contributed by atoms with van der Waals surface area (Å²) < 4.78 is 16.5. The predicted molar refractivity (Wildman–Crippen MR) is 77.1 cm³/mol. The molecule has 2 rings (SSSR count). The third-order valence-electron chi connectivity index (χ3n) is 3.07. The molecule has 0 amide bonds. The Morgan fingerprint density at radius 1 is 1.30 bits per heavy atom. The standard InChI is InChI=1S/C15H20N2O3/c1-5-16-10(2)15-17-9-13(20-15)11-7-6-8-12(18-3)14(11)19-4/h6-10,16H,5H2,1-4H3. The summed E-state index contributed by atoms with van der Waals surface area (Å²) >= 11 is 0. The summed E-state index contributed by atoms with van der Waals surface area (Å²) in [4.78, 5) is 4.32. The molecule has 0 aliphatic carbocycles. The third-order valence-corrected chi connectivity index (χ3v) is 3.07. The van der Waals surface area contributed by atoms with Gasteiger partial charge in [-0.15, -0.1) is 0 Å². The summed E-state index contributed by atoms with van der Waals surface area (Å²) in [5, 5.41) is 3.27. The van der Waals surface area contributed by atoms with Crippen LogP contribution in [0.4, 0.5) is 0 Å². The van der Waals surface area contributed by atoms with E-state index in [1.54, 1.807) is 20.4 Å². The van der Waals surface area contributed by atoms with Crippen molar-refractivity contribution in [1.82, 2.24) is 10.3 Å². The number of aromatic nitrogens is 1. The molecule has 1 aromatic carbocycles. The molecule has 1 N–H and O–H groups in total. The van der Waals surface area contributed by atoms with Gasteiger partial charge in [-0.05, 0) is 25.6 Å². The van der Waals surface area contributed by atoms with Crippen LogP contribution in [-0.4, -0.2) is 25.7 Å². The summed E-state index contributed by atoms with van der Waals surface area (Å²) in [6.07, 6.45) is 1.71. The van der Waals surface area contributed by atoms with Crippen LogP contribution in [0, 0.1) is 0 Å². The highest BCUT2D eigenvalue weighted by atomic mass is 16.5. The van der Waals surface area contributed by atoms with Gasteiger partial charge in [-0.3, -0.25) is 0 Å². The van der Waals surface area contributed by atoms with E-state index in [1.807, 2.05) is 32.0 Å². The van der Waals surface area contributed by atoms with E-state index in [-0.39, 0.29) is 6.04 Å². The molecule has 20 heavy (non-hydrogen) atoms. The molecule has 0 aliphatic rings. The number of ether oxygens (including phenoxy) is 2. The van der Waals surface area contributed by atoms with Gasteiger partial charge >= 0.3 is 0 Å². The van der Waals surface area contributed by atoms with E-state index in [0.717, 1.165) is 12.1 Å². The third kappa shape index (κ3) is 2.77. The van der Waals surface area contributed by atoms with Crippen molar-refractivity contribution in [3.63, 3.8) is 0 Å². The fourth-order valence-corrected chi connectivity index (χ4v) is 2.09. The average Bonchev–Trinajstić information content (AvgIpc) is 2.96. The first-order valence-corrected chi connectivity index (χ1v) is 6.61. The fraction of sp³-hybridized carbons (Fsp3) is 0.400. The molecule has 1 unspecified atom stereocenters. The lowest BCUT2D eigenvalue weighted by Crippen LogP contribution is -2.17. The second-order valence-electron chi connectivity index (χ2n) is 4.38. The smallest absolute Gasteiger partial charge is 0.211 e. The van der Waals surface area contributed by atoms with Crippen molar-refractivity contribution in [2.45, 2.75) is 19.9 Å². The molecule has 1 aromatic heterocycles. The highest BCUT2D eigenvalue weighted by Crippen LogP contribution is 2.38. The van der Waals surface area contributed by atoms with Crippen molar-refractivity contribution in [1.29, 1.82) is 0 Å². The van der Waals surface area contributed by atoms with E-state index in [4.69, 9.17) is 13.9 Å². The molecule has 0 fully saturated rings. The Morgan fingerprint density at radius 3 is 2.75 bits per heavy atom. The van der Waals surface area contributed by atoms with Crippen LogP contribution in [0.5, 0.6) is 11.5 Å². The Morgan fingerprint density at radius 2 is 2.10 bits per heavy atom. The van der Waals surface area contributed by atoms with Crippen LogP contribution >= 0.6 is 0 Å². The lowest BCUT2D eigenvalue weighted by atomic mass is 10.1. The van der Waals surface area contributed by atoms with Gasteiger partial charge in [0, 0.05) is 0 Å². The lowest BCUT2D eigenvalue weighted by Gasteiger charge is -2.11. The van der Waals surface area contributed by atoms with Crippen molar-refractivity contribution in [2.75, 3.05) is 20.8 Å². The van der Waals surface area contributed by atoms with Crippen molar-refractivity contribution in [3.8, 4) is 22.8 Å². The zero-order chi connectivity index (χ0) is 14.5. The van der Waals surface area contributed by atoms with Gasteiger partial charge in [0.15, 0.2) is 17.3 Å². The molecular weight excluding hydrogens is 256 g/mol. The van der Waals surface area contributed by atoms with Crippen LogP contribution in [0.3, 0.4) is 0 Å². The fourth-order valence-electron chi connectivity index (χ4n) is 2.09. The molecule has 2 aromatic rings. The maximum absolute atomic E-state index is 5.82. The zero-order valence-corrected chi connectivity index (χ0v) is 12.3. The topological polar surface area (TPSA) is 56.5 Å². The molecule has 0 aliphatic heterocycles. The summed E-state index contributed by atoms with van der Waals surface area (Å²) in [7, 11) is 3.22. The second-order valence-corrected chi connectivity index (χ2v) is 4.38. The largest absolute Gasteiger partial charge is 0.493 e. The monoisotopic (exact) mass is 276 g/mol. The van der Waals surface area contributed by atoms with E-state index >= 15 is 0 Å². The van der Waals surface area contributed by atoms with Gasteiger partial charge in [0.1, 0.15) is 0 Å². The van der Waals surface area contributed by atoms with Crippen LogP contribution in [0.2, 0.25) is 0 Å². The normalized spacial score (nSPS) is 12.2. The number of nitrogens with zero attached hydrogens (tertiary/aromatic N) is 1. The molecule has 0 spiro atoms. The first-order chi connectivity index (χ1) is 9.71. The van der Waals surface area contributed by atoms with Gasteiger partial charge in [-0.25, -0.2) is 4.98 Å². The Kier molecular flexibility index (Phi) is 4.63. The molecule has 1 heterocycles. The van der Waals surface area contributed by atoms with E-state index in [0.29, 0.717) is 23.1 Å². The number of methoxy groups -OCH3 is 2. The van der Waals surface area contributed by atoms with Gasteiger partial charge in [0.2, 0.25) is 5.89 Å². The van der Waals surface area contributed by atoms with E-state index in [9.17, 15) is 0 Å². The van der Waals surface area contributed by atoms with Crippen molar-refractivity contribution >= 4 is 0 Å². The summed E-state index contributed by atoms with van der Waals surface area (Å²) in [6.45, 7) is 4.93. The van der Waals surface area contributed by atoms with E-state index in [2.05, 4.69) is 10.3 Å². The summed E-state index contributed by atoms with van der Waals surface area (Å²) in [5.74, 6) is 2.64. The lowest BCUT2D eigenvalue weighted by molar-refractivity contribution is 0.354. The first-order valence-electron chi connectivity index (χ1n) is 6.61. The minimum absolute atomic E-state index is 0.0744. The first kappa shape index (κ1) is 14.4. The van der Waals surface area contributed by atoms with Gasteiger partial charge in [0.05, 0.1) is 32.0 Å². The SMILES string of the molecule is CCNC(C)c1ncc(-c2cccc(OC)c2OC)o1. The number of benzene rings is 1. The van der Waals surface area contributed by atoms with Crippen LogP contribution in [0.1, 0.15) is 25.8 Å². The number of nitrogens with one attached hydrogen (secondary N) is 1. The van der Waals surface area contributed by atoms with Crippen molar-refractivity contribution in [3.05, 3.63) is 30.3 Å². The van der Waals surface area contributed by atoms with Crippen molar-refractivity contribution in [2.24, 2.45) is 0 Å². The van der Waals surface area contributed by atoms with Gasteiger partial charge < -0.3 is 19.2 Å². The molecule has 1 atom stereocenters. The minimum atomic E-state index is 0.0744. The average molecular weight is 276 g/mol. The van der Waals surface area contributed by atoms with E-state index in [1.165, 1.54) is 0 Å². The number of rotatable bonds is 6. The molecular formula is C15H20N2O3. The maximum atomic E-state index is 5.82. The highest BCUT2D eigenvalue weighted by molar-refractivity contribution is 5.69. The number of hydrogen-bond acceptors (Lipinski definition) is 5. The molecule has 5 heteroatoms. The summed E-state index contributed by atoms with van der Waals surface area (Å²) in [5.41, 5.74) is 0.828. The Labute approximate surface area is 118 Å². The Balaban J connectivity index is 2.37. The number of hydrogen-bond donors (Lipinski definition) is 1. The molecule has 0 saturated heterocycles. The quantitative estimate of drug-likeness (QED) is 0.879. The molecule has 108 valence electrons. The zero-order valence-electron chi connectivity index (χ0n) is 12.3. The molecule has 5 nitrogen and oxygen atoms in total. The Hall–Kier alpha value is -2.01. The molecule has 0 radical (unpaired) electrons. The van der Waals surface area contributed by atoms with Crippen LogP contribution in [0.15, 0.2) is 28.8 Å². The van der Waals surface area contributed by atoms with E-state index < -0.39 is 0 Å². The van der Waals surface area contributed by atoms with Gasteiger partial charge in [-0.2, -0.15) is 0 Å². The second kappa shape index (κ2) is 6.43. The number of para-hydroxylation sites is 1. The van der Waals surface area contributed by atoms with Crippen LogP contribution in [0.25, 0.3) is 11.3 Å². The van der Waals surface area contributed by atoms with Gasteiger partial charge in [0.25, 0.3) is 0 Å². The Bertz CT molecular complexity index is 566. The van der Waals surface area contributed by atoms with Crippen molar-refractivity contribution < 1.29 is 13.9 Å². The molecule has 0 saturated carbocycles. The van der Waals surface area contributed by atoms with Crippen LogP contribution < -0.4 is 14.8 Å². The highest BCUT2D eigenvalue weighted by Gasteiger charge is 2.17. The van der Waals surface area contributed by atoms with Crippen LogP contribution in [-0.2, 0) is 0 Å².